The topological polar surface area (TPSA) is 50.2 Å². The van der Waals surface area contributed by atoms with Gasteiger partial charge in [0.25, 0.3) is 0 Å². The van der Waals surface area contributed by atoms with E-state index in [4.69, 9.17) is 9.52 Å². The maximum absolute atomic E-state index is 11.2. The number of fused-ring (bicyclic) bond motifs is 1. The van der Waals surface area contributed by atoms with Crippen LogP contribution in [0.4, 0.5) is 0 Å². The fraction of sp³-hybridized carbons (Fsp3) is 0.571. The molecule has 2 atom stereocenters. The molecular formula is C7H9NO2S. The van der Waals surface area contributed by atoms with E-state index in [1.165, 1.54) is 0 Å². The summed E-state index contributed by atoms with van der Waals surface area (Å²) in [5, 5.41) is 0. The summed E-state index contributed by atoms with van der Waals surface area (Å²) in [7, 11) is -0.583. The second-order valence-electron chi connectivity index (χ2n) is 2.73. The van der Waals surface area contributed by atoms with Gasteiger partial charge in [0.15, 0.2) is 5.78 Å². The van der Waals surface area contributed by atoms with E-state index in [1.807, 2.05) is 0 Å². The molecule has 0 radical (unpaired) electrons. The lowest BCUT2D eigenvalue weighted by molar-refractivity contribution is -0.119. The number of ether oxygens (including phenoxy) is 1. The first kappa shape index (κ1) is 7.03. The highest BCUT2D eigenvalue weighted by Gasteiger charge is 2.35. The van der Waals surface area contributed by atoms with Gasteiger partial charge in [-0.05, 0) is 6.42 Å². The molecule has 0 amide bonds. The molecule has 1 fully saturated rings. The average Bonchev–Trinajstić information content (AvgIpc) is 2.30. The second kappa shape index (κ2) is 2.44. The molecule has 2 aliphatic heterocycles. The predicted molar refractivity (Wildman–Crippen MR) is 42.1 cm³/mol. The number of hydrogen-bond acceptors (Lipinski definition) is 3. The van der Waals surface area contributed by atoms with Crippen molar-refractivity contribution in [2.75, 3.05) is 12.4 Å². The van der Waals surface area contributed by atoms with Crippen LogP contribution in [0.3, 0.4) is 0 Å². The summed E-state index contributed by atoms with van der Waals surface area (Å²) in [6.07, 6.45) is 2.40. The minimum absolute atomic E-state index is 0.0320. The van der Waals surface area contributed by atoms with Crippen LogP contribution in [0, 0.1) is 10.7 Å². The Morgan fingerprint density at radius 2 is 2.55 bits per heavy atom. The lowest BCUT2D eigenvalue weighted by atomic mass is 10.0. The molecular weight excluding hydrogens is 162 g/mol. The number of hydrogen-bond donors (Lipinski definition) is 1. The minimum atomic E-state index is -0.583. The summed E-state index contributed by atoms with van der Waals surface area (Å²) in [5.74, 6) is 0.683. The van der Waals surface area contributed by atoms with Gasteiger partial charge in [-0.25, -0.2) is 0 Å². The van der Waals surface area contributed by atoms with Crippen LogP contribution >= 0.6 is 0 Å². The molecule has 2 unspecified atom stereocenters. The van der Waals surface area contributed by atoms with Crippen molar-refractivity contribution < 1.29 is 9.53 Å². The highest BCUT2D eigenvalue weighted by molar-refractivity contribution is 7.91. The molecule has 0 aromatic rings. The first-order valence-corrected chi connectivity index (χ1v) is 4.95. The summed E-state index contributed by atoms with van der Waals surface area (Å²) in [6, 6.07) is 0. The molecule has 2 rings (SSSR count). The Hall–Kier alpha value is -0.640. The van der Waals surface area contributed by atoms with Crippen LogP contribution in [0.2, 0.25) is 0 Å². The lowest BCUT2D eigenvalue weighted by Crippen LogP contribution is -2.15. The minimum Gasteiger partial charge on any atom is -0.500 e. The molecule has 2 heterocycles. The monoisotopic (exact) mass is 171 g/mol. The van der Waals surface area contributed by atoms with Gasteiger partial charge in [0.1, 0.15) is 0 Å². The first-order valence-electron chi connectivity index (χ1n) is 3.55. The summed E-state index contributed by atoms with van der Waals surface area (Å²) >= 11 is 0. The SMILES string of the molecule is N=S1CC(=O)C2CCOC=C21. The fourth-order valence-electron chi connectivity index (χ4n) is 1.43. The number of rotatable bonds is 0. The van der Waals surface area contributed by atoms with Crippen LogP contribution in [0.15, 0.2) is 11.2 Å². The van der Waals surface area contributed by atoms with Gasteiger partial charge < -0.3 is 4.74 Å². The third-order valence-electron chi connectivity index (χ3n) is 2.03. The van der Waals surface area contributed by atoms with Crippen LogP contribution in [0.1, 0.15) is 6.42 Å². The van der Waals surface area contributed by atoms with E-state index in [1.54, 1.807) is 6.26 Å². The molecule has 0 spiro atoms. The van der Waals surface area contributed by atoms with E-state index in [0.29, 0.717) is 12.4 Å². The molecule has 3 nitrogen and oxygen atoms in total. The molecule has 60 valence electrons. The summed E-state index contributed by atoms with van der Waals surface area (Å²) < 4.78 is 12.6. The normalized spacial score (nSPS) is 36.0. The zero-order valence-electron chi connectivity index (χ0n) is 6.00. The van der Waals surface area contributed by atoms with Gasteiger partial charge in [0.2, 0.25) is 0 Å². The number of carbonyl (C=O) groups excluding carboxylic acids is 1. The number of Topliss-reactive ketones (excluding diaryl/α,β-unsaturated/α-hetero) is 1. The summed E-state index contributed by atoms with van der Waals surface area (Å²) in [6.45, 7) is 0.636. The van der Waals surface area contributed by atoms with Gasteiger partial charge in [-0.1, -0.05) is 10.7 Å². The average molecular weight is 171 g/mol. The van der Waals surface area contributed by atoms with Crippen LogP contribution in [0.5, 0.6) is 0 Å². The standard InChI is InChI=1S/C7H9NO2S/c8-11-4-6(9)5-1-2-10-3-7(5)11/h3,5,8H,1-2,4H2. The Balaban J connectivity index is 2.36. The molecule has 0 aliphatic carbocycles. The lowest BCUT2D eigenvalue weighted by Gasteiger charge is -2.15. The maximum atomic E-state index is 11.2. The van der Waals surface area contributed by atoms with Crippen LogP contribution < -0.4 is 0 Å². The summed E-state index contributed by atoms with van der Waals surface area (Å²) in [4.78, 5) is 12.1. The molecule has 2 aliphatic rings. The van der Waals surface area contributed by atoms with Crippen LogP contribution in [-0.4, -0.2) is 18.1 Å². The fourth-order valence-corrected chi connectivity index (χ4v) is 2.86. The zero-order valence-corrected chi connectivity index (χ0v) is 6.82. The van der Waals surface area contributed by atoms with Crippen LogP contribution in [-0.2, 0) is 20.2 Å². The van der Waals surface area contributed by atoms with Crippen molar-refractivity contribution in [2.45, 2.75) is 6.42 Å². The quantitative estimate of drug-likeness (QED) is 0.586. The second-order valence-corrected chi connectivity index (χ2v) is 4.28. The smallest absolute Gasteiger partial charge is 0.152 e. The number of carbonyl (C=O) groups is 1. The largest absolute Gasteiger partial charge is 0.500 e. The zero-order chi connectivity index (χ0) is 7.84. The maximum Gasteiger partial charge on any atom is 0.152 e. The van der Waals surface area contributed by atoms with E-state index >= 15 is 0 Å². The van der Waals surface area contributed by atoms with Crippen molar-refractivity contribution in [3.05, 3.63) is 11.2 Å². The highest BCUT2D eigenvalue weighted by atomic mass is 32.2. The molecule has 1 saturated heterocycles. The number of ketones is 1. The summed E-state index contributed by atoms with van der Waals surface area (Å²) in [5.41, 5.74) is 0. The van der Waals surface area contributed by atoms with Gasteiger partial charge in [-0.3, -0.25) is 9.57 Å². The predicted octanol–water partition coefficient (Wildman–Crippen LogP) is 0.828. The third-order valence-corrected chi connectivity index (χ3v) is 3.55. The van der Waals surface area contributed by atoms with Crippen molar-refractivity contribution in [1.82, 2.24) is 0 Å². The molecule has 0 saturated carbocycles. The van der Waals surface area contributed by atoms with Gasteiger partial charge in [0.05, 0.1) is 24.5 Å². The Bertz CT molecular complexity index is 259. The molecule has 11 heavy (non-hydrogen) atoms. The molecule has 0 aromatic heterocycles. The van der Waals surface area contributed by atoms with E-state index in [-0.39, 0.29) is 11.7 Å². The van der Waals surface area contributed by atoms with Crippen molar-refractivity contribution in [3.63, 3.8) is 0 Å². The Morgan fingerprint density at radius 3 is 3.27 bits per heavy atom. The van der Waals surface area contributed by atoms with Gasteiger partial charge in [-0.2, -0.15) is 0 Å². The Labute approximate surface area is 67.3 Å². The Morgan fingerprint density at radius 1 is 1.73 bits per heavy atom. The Kier molecular flexibility index (Phi) is 1.56. The van der Waals surface area contributed by atoms with Crippen molar-refractivity contribution in [2.24, 2.45) is 5.92 Å². The van der Waals surface area contributed by atoms with Crippen molar-refractivity contribution in [1.29, 1.82) is 4.78 Å². The van der Waals surface area contributed by atoms with Crippen LogP contribution in [0.25, 0.3) is 0 Å². The number of allylic oxidation sites excluding steroid dienone is 1. The van der Waals surface area contributed by atoms with Gasteiger partial charge in [-0.15, -0.1) is 0 Å². The number of nitrogens with one attached hydrogen (secondary N) is 1. The van der Waals surface area contributed by atoms with E-state index in [0.717, 1.165) is 11.3 Å². The van der Waals surface area contributed by atoms with Gasteiger partial charge in [0, 0.05) is 4.91 Å². The van der Waals surface area contributed by atoms with Gasteiger partial charge >= 0.3 is 0 Å². The van der Waals surface area contributed by atoms with E-state index < -0.39 is 10.7 Å². The first-order chi connectivity index (χ1) is 5.29. The van der Waals surface area contributed by atoms with Crippen molar-refractivity contribution >= 4 is 16.5 Å². The molecule has 4 heteroatoms. The molecule has 1 N–H and O–H groups in total. The highest BCUT2D eigenvalue weighted by Crippen LogP contribution is 2.30. The van der Waals surface area contributed by atoms with E-state index in [2.05, 4.69) is 0 Å². The molecule has 0 bridgehead atoms. The molecule has 0 aromatic carbocycles. The van der Waals surface area contributed by atoms with Crippen molar-refractivity contribution in [3.8, 4) is 0 Å². The third kappa shape index (κ3) is 1.01. The van der Waals surface area contributed by atoms with E-state index in [9.17, 15) is 4.79 Å².